The predicted octanol–water partition coefficient (Wildman–Crippen LogP) is 1.97. The first kappa shape index (κ1) is 10.5. The lowest BCUT2D eigenvalue weighted by Crippen LogP contribution is -2.26. The highest BCUT2D eigenvalue weighted by atomic mass is 16.7. The first-order valence-corrected chi connectivity index (χ1v) is 5.37. The van der Waals surface area contributed by atoms with Gasteiger partial charge in [0.05, 0.1) is 6.61 Å². The van der Waals surface area contributed by atoms with Crippen molar-refractivity contribution in [3.8, 4) is 5.75 Å². The lowest BCUT2D eigenvalue weighted by Gasteiger charge is -2.26. The maximum absolute atomic E-state index is 5.71. The lowest BCUT2D eigenvalue weighted by molar-refractivity contribution is -0.111. The Hall–Kier alpha value is -1.06. The van der Waals surface area contributed by atoms with Gasteiger partial charge in [-0.2, -0.15) is 0 Å². The van der Waals surface area contributed by atoms with E-state index in [9.17, 15) is 0 Å². The van der Waals surface area contributed by atoms with Gasteiger partial charge < -0.3 is 15.2 Å². The fourth-order valence-electron chi connectivity index (χ4n) is 1.72. The highest BCUT2D eigenvalue weighted by molar-refractivity contribution is 5.37. The molecular weight excluding hydrogens is 190 g/mol. The van der Waals surface area contributed by atoms with Crippen LogP contribution in [0.1, 0.15) is 24.0 Å². The van der Waals surface area contributed by atoms with E-state index >= 15 is 0 Å². The maximum atomic E-state index is 5.71. The molecule has 0 spiro atoms. The quantitative estimate of drug-likeness (QED) is 0.824. The molecule has 0 saturated heterocycles. The van der Waals surface area contributed by atoms with Crippen molar-refractivity contribution in [1.82, 2.24) is 0 Å². The Kier molecular flexibility index (Phi) is 3.23. The third kappa shape index (κ3) is 2.49. The molecule has 0 aromatic heterocycles. The molecule has 1 heterocycles. The normalized spacial score (nSPS) is 19.5. The third-order valence-electron chi connectivity index (χ3n) is 2.54. The molecule has 3 nitrogen and oxygen atoms in total. The van der Waals surface area contributed by atoms with Gasteiger partial charge in [-0.05, 0) is 26.0 Å². The molecule has 0 bridgehead atoms. The number of benzene rings is 1. The number of aryl methyl sites for hydroxylation is 1. The Morgan fingerprint density at radius 3 is 3.13 bits per heavy atom. The summed E-state index contributed by atoms with van der Waals surface area (Å²) in [5.41, 5.74) is 7.82. The van der Waals surface area contributed by atoms with Crippen molar-refractivity contribution < 1.29 is 9.47 Å². The van der Waals surface area contributed by atoms with Gasteiger partial charge >= 0.3 is 0 Å². The summed E-state index contributed by atoms with van der Waals surface area (Å²) in [5.74, 6) is 0.953. The largest absolute Gasteiger partial charge is 0.465 e. The van der Waals surface area contributed by atoms with Crippen LogP contribution in [-0.4, -0.2) is 12.8 Å². The Bertz CT molecular complexity index is 338. The van der Waals surface area contributed by atoms with Crippen molar-refractivity contribution in [2.75, 3.05) is 6.54 Å². The van der Waals surface area contributed by atoms with Gasteiger partial charge in [-0.25, -0.2) is 0 Å². The van der Waals surface area contributed by atoms with Crippen molar-refractivity contribution >= 4 is 0 Å². The standard InChI is InChI=1S/C12H17NO2/c1-9-4-5-11-10(7-9)8-14-12(15-11)3-2-6-13/h4-5,7,12H,2-3,6,8,13H2,1H3. The smallest absolute Gasteiger partial charge is 0.200 e. The van der Waals surface area contributed by atoms with E-state index in [2.05, 4.69) is 19.1 Å². The first-order valence-electron chi connectivity index (χ1n) is 5.37. The fourth-order valence-corrected chi connectivity index (χ4v) is 1.72. The van der Waals surface area contributed by atoms with Crippen LogP contribution in [0.2, 0.25) is 0 Å². The van der Waals surface area contributed by atoms with Gasteiger partial charge in [0.15, 0.2) is 6.29 Å². The summed E-state index contributed by atoms with van der Waals surface area (Å²) in [5, 5.41) is 0. The Morgan fingerprint density at radius 1 is 1.47 bits per heavy atom. The van der Waals surface area contributed by atoms with Crippen LogP contribution >= 0.6 is 0 Å². The Balaban J connectivity index is 2.03. The van der Waals surface area contributed by atoms with E-state index in [4.69, 9.17) is 15.2 Å². The predicted molar refractivity (Wildman–Crippen MR) is 58.7 cm³/mol. The molecule has 2 N–H and O–H groups in total. The fraction of sp³-hybridized carbons (Fsp3) is 0.500. The zero-order chi connectivity index (χ0) is 10.7. The summed E-state index contributed by atoms with van der Waals surface area (Å²) in [4.78, 5) is 0. The van der Waals surface area contributed by atoms with E-state index in [1.165, 1.54) is 5.56 Å². The molecule has 1 aliphatic heterocycles. The molecule has 0 radical (unpaired) electrons. The van der Waals surface area contributed by atoms with Gasteiger partial charge in [-0.15, -0.1) is 0 Å². The number of rotatable bonds is 3. The van der Waals surface area contributed by atoms with Crippen LogP contribution in [0.5, 0.6) is 5.75 Å². The topological polar surface area (TPSA) is 44.5 Å². The second kappa shape index (κ2) is 4.64. The van der Waals surface area contributed by atoms with Gasteiger partial charge in [0.1, 0.15) is 5.75 Å². The molecule has 1 aromatic rings. The van der Waals surface area contributed by atoms with Gasteiger partial charge in [-0.1, -0.05) is 17.7 Å². The number of hydrogen-bond acceptors (Lipinski definition) is 3. The summed E-state index contributed by atoms with van der Waals surface area (Å²) in [6, 6.07) is 6.18. The molecule has 2 rings (SSSR count). The minimum absolute atomic E-state index is 0.122. The summed E-state index contributed by atoms with van der Waals surface area (Å²) >= 11 is 0. The van der Waals surface area contributed by atoms with E-state index in [1.54, 1.807) is 0 Å². The molecule has 1 unspecified atom stereocenters. The summed E-state index contributed by atoms with van der Waals surface area (Å²) in [6.07, 6.45) is 1.68. The van der Waals surface area contributed by atoms with Gasteiger partial charge in [-0.3, -0.25) is 0 Å². The SMILES string of the molecule is Cc1ccc2c(c1)COC(CCCN)O2. The average Bonchev–Trinajstić information content (AvgIpc) is 2.26. The van der Waals surface area contributed by atoms with Crippen LogP contribution in [-0.2, 0) is 11.3 Å². The van der Waals surface area contributed by atoms with Gasteiger partial charge in [0, 0.05) is 12.0 Å². The van der Waals surface area contributed by atoms with E-state index in [0.717, 1.165) is 24.2 Å². The van der Waals surface area contributed by atoms with Crippen molar-refractivity contribution in [1.29, 1.82) is 0 Å². The molecule has 0 saturated carbocycles. The van der Waals surface area contributed by atoms with E-state index in [-0.39, 0.29) is 6.29 Å². The minimum Gasteiger partial charge on any atom is -0.465 e. The number of nitrogens with two attached hydrogens (primary N) is 1. The number of ether oxygens (including phenoxy) is 2. The van der Waals surface area contributed by atoms with Crippen molar-refractivity contribution in [2.45, 2.75) is 32.7 Å². The first-order chi connectivity index (χ1) is 7.29. The second-order valence-electron chi connectivity index (χ2n) is 3.90. The molecule has 1 atom stereocenters. The Labute approximate surface area is 90.2 Å². The highest BCUT2D eigenvalue weighted by Gasteiger charge is 2.19. The van der Waals surface area contributed by atoms with Crippen LogP contribution in [0.4, 0.5) is 0 Å². The van der Waals surface area contributed by atoms with Crippen LogP contribution in [0, 0.1) is 6.92 Å². The molecule has 15 heavy (non-hydrogen) atoms. The van der Waals surface area contributed by atoms with E-state index in [1.807, 2.05) is 6.07 Å². The average molecular weight is 207 g/mol. The molecular formula is C12H17NO2. The summed E-state index contributed by atoms with van der Waals surface area (Å²) < 4.78 is 11.3. The van der Waals surface area contributed by atoms with Crippen LogP contribution in [0.3, 0.4) is 0 Å². The van der Waals surface area contributed by atoms with Crippen LogP contribution in [0.25, 0.3) is 0 Å². The molecule has 1 aliphatic rings. The number of hydrogen-bond donors (Lipinski definition) is 1. The lowest BCUT2D eigenvalue weighted by atomic mass is 10.1. The zero-order valence-electron chi connectivity index (χ0n) is 9.03. The van der Waals surface area contributed by atoms with Crippen LogP contribution in [0.15, 0.2) is 18.2 Å². The molecule has 3 heteroatoms. The highest BCUT2D eigenvalue weighted by Crippen LogP contribution is 2.28. The molecule has 82 valence electrons. The molecule has 0 amide bonds. The summed E-state index contributed by atoms with van der Waals surface area (Å²) in [7, 11) is 0. The monoisotopic (exact) mass is 207 g/mol. The molecule has 0 fully saturated rings. The van der Waals surface area contributed by atoms with Crippen molar-refractivity contribution in [2.24, 2.45) is 5.73 Å². The van der Waals surface area contributed by atoms with Crippen LogP contribution < -0.4 is 10.5 Å². The Morgan fingerprint density at radius 2 is 2.33 bits per heavy atom. The zero-order valence-corrected chi connectivity index (χ0v) is 9.03. The van der Waals surface area contributed by atoms with Crippen molar-refractivity contribution in [3.05, 3.63) is 29.3 Å². The molecule has 1 aromatic carbocycles. The van der Waals surface area contributed by atoms with E-state index in [0.29, 0.717) is 13.2 Å². The molecule has 0 aliphatic carbocycles. The summed E-state index contributed by atoms with van der Waals surface area (Å²) in [6.45, 7) is 3.40. The third-order valence-corrected chi connectivity index (χ3v) is 2.54. The van der Waals surface area contributed by atoms with E-state index < -0.39 is 0 Å². The van der Waals surface area contributed by atoms with Crippen molar-refractivity contribution in [3.63, 3.8) is 0 Å². The van der Waals surface area contributed by atoms with Gasteiger partial charge in [0.2, 0.25) is 0 Å². The van der Waals surface area contributed by atoms with Gasteiger partial charge in [0.25, 0.3) is 0 Å². The maximum Gasteiger partial charge on any atom is 0.200 e. The second-order valence-corrected chi connectivity index (χ2v) is 3.90. The minimum atomic E-state index is -0.122. The number of fused-ring (bicyclic) bond motifs is 1.